The van der Waals surface area contributed by atoms with Crippen molar-refractivity contribution in [2.75, 3.05) is 27.9 Å². The fourth-order valence-electron chi connectivity index (χ4n) is 3.27. The Labute approximate surface area is 213 Å². The number of aliphatic carboxylic acids is 1. The molecule has 1 N–H and O–H groups in total. The number of carbonyl (C=O) groups is 1. The summed E-state index contributed by atoms with van der Waals surface area (Å²) in [6, 6.07) is 4.89. The number of ether oxygens (including phenoxy) is 9. The highest BCUT2D eigenvalue weighted by Crippen LogP contribution is 2.36. The molecule has 0 aromatic carbocycles. The molecule has 0 bridgehead atoms. The molecule has 0 saturated carbocycles. The summed E-state index contributed by atoms with van der Waals surface area (Å²) in [5, 5.41) is 10.4. The second-order valence-electron chi connectivity index (χ2n) is 7.91. The molecule has 0 saturated heterocycles. The van der Waals surface area contributed by atoms with Crippen molar-refractivity contribution in [2.24, 2.45) is 0 Å². The van der Waals surface area contributed by atoms with Gasteiger partial charge in [0.25, 0.3) is 0 Å². The molecule has 12 heteroatoms. The molecule has 0 amide bonds. The molecule has 0 aliphatic heterocycles. The van der Waals surface area contributed by atoms with E-state index in [1.165, 1.54) is 27.5 Å². The second-order valence-corrected chi connectivity index (χ2v) is 7.91. The van der Waals surface area contributed by atoms with Crippen molar-refractivity contribution in [1.29, 1.82) is 0 Å². The Morgan fingerprint density at radius 2 is 1.28 bits per heavy atom. The van der Waals surface area contributed by atoms with Crippen LogP contribution in [-0.4, -0.2) is 87.5 Å². The Hall–Kier alpha value is -1.74. The highest BCUT2D eigenvalue weighted by atomic mass is 16.9. The molecule has 1 heterocycles. The van der Waals surface area contributed by atoms with Crippen LogP contribution in [0.15, 0.2) is 24.4 Å². The quantitative estimate of drug-likeness (QED) is 0.269. The summed E-state index contributed by atoms with van der Waals surface area (Å²) >= 11 is 0. The van der Waals surface area contributed by atoms with E-state index in [2.05, 4.69) is 4.98 Å². The van der Waals surface area contributed by atoms with Crippen LogP contribution in [0.4, 0.5) is 0 Å². The molecule has 208 valence electrons. The molecular formula is C24H41NO11. The Kier molecular flexibility index (Phi) is 14.5. The first-order valence-corrected chi connectivity index (χ1v) is 11.6. The lowest BCUT2D eigenvalue weighted by Crippen LogP contribution is -2.54. The minimum absolute atomic E-state index is 0.173. The van der Waals surface area contributed by atoms with E-state index < -0.39 is 62.0 Å². The number of nitrogens with zero attached hydrogens (tertiary/aromatic N) is 1. The molecule has 1 aromatic rings. The molecule has 0 spiro atoms. The number of methoxy groups -OCH3 is 3. The molecule has 7 unspecified atom stereocenters. The van der Waals surface area contributed by atoms with Crippen LogP contribution in [0.2, 0.25) is 0 Å². The van der Waals surface area contributed by atoms with Crippen LogP contribution in [0.25, 0.3) is 0 Å². The first kappa shape index (κ1) is 32.3. The topological polar surface area (TPSA) is 133 Å². The van der Waals surface area contributed by atoms with Crippen molar-refractivity contribution >= 4 is 5.97 Å². The maximum atomic E-state index is 12.7. The van der Waals surface area contributed by atoms with Gasteiger partial charge >= 0.3 is 5.97 Å². The van der Waals surface area contributed by atoms with E-state index in [0.29, 0.717) is 0 Å². The van der Waals surface area contributed by atoms with Gasteiger partial charge in [0.2, 0.25) is 5.79 Å². The van der Waals surface area contributed by atoms with Crippen LogP contribution in [0.3, 0.4) is 0 Å². The third kappa shape index (κ3) is 10.7. The van der Waals surface area contributed by atoms with Crippen LogP contribution < -0.4 is 0 Å². The summed E-state index contributed by atoms with van der Waals surface area (Å²) in [5.41, 5.74) is 0.173. The van der Waals surface area contributed by atoms with Crippen LogP contribution in [0.5, 0.6) is 0 Å². The molecule has 0 radical (unpaired) electrons. The first-order valence-electron chi connectivity index (χ1n) is 11.6. The van der Waals surface area contributed by atoms with Crippen molar-refractivity contribution in [3.8, 4) is 0 Å². The van der Waals surface area contributed by atoms with Gasteiger partial charge in [0.05, 0.1) is 5.69 Å². The van der Waals surface area contributed by atoms with Crippen LogP contribution >= 0.6 is 0 Å². The highest BCUT2D eigenvalue weighted by Gasteiger charge is 2.51. The predicted octanol–water partition coefficient (Wildman–Crippen LogP) is 3.06. The molecule has 0 fully saturated rings. The number of carboxylic acids is 1. The van der Waals surface area contributed by atoms with Gasteiger partial charge in [-0.3, -0.25) is 9.78 Å². The van der Waals surface area contributed by atoms with E-state index in [9.17, 15) is 9.90 Å². The molecule has 36 heavy (non-hydrogen) atoms. The molecule has 1 aromatic heterocycles. The summed E-state index contributed by atoms with van der Waals surface area (Å²) < 4.78 is 50.6. The molecular weight excluding hydrogens is 478 g/mol. The van der Waals surface area contributed by atoms with Gasteiger partial charge in [-0.15, -0.1) is 0 Å². The molecule has 1 rings (SSSR count). The third-order valence-corrected chi connectivity index (χ3v) is 5.07. The van der Waals surface area contributed by atoms with E-state index in [0.717, 1.165) is 0 Å². The number of carboxylic acid groups (broad SMARTS) is 1. The lowest BCUT2D eigenvalue weighted by atomic mass is 9.94. The summed E-state index contributed by atoms with van der Waals surface area (Å²) in [6.45, 7) is 9.43. The summed E-state index contributed by atoms with van der Waals surface area (Å²) in [4.78, 5) is 16.9. The van der Waals surface area contributed by atoms with Crippen molar-refractivity contribution in [3.05, 3.63) is 30.1 Å². The first-order chi connectivity index (χ1) is 17.0. The lowest BCUT2D eigenvalue weighted by Gasteiger charge is -2.41. The standard InChI is InChI=1S/C24H41NO11/c1-15(28-7)32-18(4)31-14-24(35-19(5)33-16(2)29-8,36-20(6)34-17(3)30-9)22(23(26)27)21-12-10-11-13-25-21/h10-13,15-20,22H,14H2,1-9H3,(H,26,27). The Balaban J connectivity index is 3.50. The van der Waals surface area contributed by atoms with E-state index in [1.807, 2.05) is 0 Å². The van der Waals surface area contributed by atoms with Crippen LogP contribution in [-0.2, 0) is 47.4 Å². The maximum absolute atomic E-state index is 12.7. The Morgan fingerprint density at radius 3 is 1.67 bits per heavy atom. The second kappa shape index (κ2) is 16.2. The predicted molar refractivity (Wildman–Crippen MR) is 127 cm³/mol. The molecule has 12 nitrogen and oxygen atoms in total. The van der Waals surface area contributed by atoms with Crippen molar-refractivity contribution in [2.45, 2.75) is 91.0 Å². The van der Waals surface area contributed by atoms with Gasteiger partial charge in [-0.25, -0.2) is 0 Å². The van der Waals surface area contributed by atoms with Gasteiger partial charge in [0, 0.05) is 27.5 Å². The van der Waals surface area contributed by atoms with Crippen molar-refractivity contribution in [1.82, 2.24) is 4.98 Å². The molecule has 0 aliphatic carbocycles. The van der Waals surface area contributed by atoms with Crippen LogP contribution in [0.1, 0.15) is 53.2 Å². The molecule has 7 atom stereocenters. The smallest absolute Gasteiger partial charge is 0.318 e. The van der Waals surface area contributed by atoms with Gasteiger partial charge in [-0.05, 0) is 53.7 Å². The average molecular weight is 520 g/mol. The van der Waals surface area contributed by atoms with E-state index in [-0.39, 0.29) is 5.69 Å². The fourth-order valence-corrected chi connectivity index (χ4v) is 3.27. The van der Waals surface area contributed by atoms with Gasteiger partial charge in [0.1, 0.15) is 6.61 Å². The van der Waals surface area contributed by atoms with E-state index in [4.69, 9.17) is 42.6 Å². The average Bonchev–Trinajstić information content (AvgIpc) is 2.82. The molecule has 0 aliphatic rings. The maximum Gasteiger partial charge on any atom is 0.318 e. The fraction of sp³-hybridized carbons (Fsp3) is 0.750. The van der Waals surface area contributed by atoms with Crippen molar-refractivity contribution < 1.29 is 52.5 Å². The van der Waals surface area contributed by atoms with Crippen molar-refractivity contribution in [3.63, 3.8) is 0 Å². The minimum Gasteiger partial charge on any atom is -0.481 e. The number of rotatable bonds is 19. The number of aromatic nitrogens is 1. The van der Waals surface area contributed by atoms with Gasteiger partial charge in [-0.1, -0.05) is 6.07 Å². The Bertz CT molecular complexity index is 718. The zero-order valence-electron chi connectivity index (χ0n) is 22.5. The lowest BCUT2D eigenvalue weighted by molar-refractivity contribution is -0.392. The zero-order valence-corrected chi connectivity index (χ0v) is 22.5. The monoisotopic (exact) mass is 519 g/mol. The number of hydrogen-bond acceptors (Lipinski definition) is 11. The summed E-state index contributed by atoms with van der Waals surface area (Å²) in [6.07, 6.45) is -3.19. The summed E-state index contributed by atoms with van der Waals surface area (Å²) in [7, 11) is 4.42. The van der Waals surface area contributed by atoms with Gasteiger partial charge in [0.15, 0.2) is 43.7 Å². The zero-order chi connectivity index (χ0) is 27.3. The number of pyridine rings is 1. The Morgan fingerprint density at radius 1 is 0.806 bits per heavy atom. The minimum atomic E-state index is -1.99. The summed E-state index contributed by atoms with van der Waals surface area (Å²) in [5.74, 6) is -4.72. The van der Waals surface area contributed by atoms with Gasteiger partial charge in [-0.2, -0.15) is 0 Å². The SMILES string of the molecule is COC(C)OC(C)OCC(OC(C)OC(C)OC)(OC(C)OC(C)OC)C(C(=O)O)c1ccccn1. The van der Waals surface area contributed by atoms with Gasteiger partial charge < -0.3 is 47.7 Å². The number of hydrogen-bond donors (Lipinski definition) is 1. The van der Waals surface area contributed by atoms with Crippen LogP contribution in [0, 0.1) is 0 Å². The highest BCUT2D eigenvalue weighted by molar-refractivity contribution is 5.77. The normalized spacial score (nSPS) is 19.5. The largest absolute Gasteiger partial charge is 0.481 e. The van der Waals surface area contributed by atoms with E-state index >= 15 is 0 Å². The third-order valence-electron chi connectivity index (χ3n) is 5.07. The van der Waals surface area contributed by atoms with E-state index in [1.54, 1.807) is 59.7 Å².